The summed E-state index contributed by atoms with van der Waals surface area (Å²) >= 11 is 0. The summed E-state index contributed by atoms with van der Waals surface area (Å²) < 4.78 is 41.1. The molecule has 1 saturated heterocycles. The molecule has 1 fully saturated rings. The van der Waals surface area contributed by atoms with Crippen molar-refractivity contribution in [2.45, 2.75) is 25.7 Å². The number of rotatable bonds is 4. The van der Waals surface area contributed by atoms with Crippen molar-refractivity contribution >= 4 is 16.4 Å². The van der Waals surface area contributed by atoms with Crippen molar-refractivity contribution in [3.05, 3.63) is 52.9 Å². The molecule has 168 valence electrons. The van der Waals surface area contributed by atoms with Gasteiger partial charge in [-0.1, -0.05) is 0 Å². The molecular weight excluding hydrogens is 437 g/mol. The molecular formula is C21H22FN5O4S. The Morgan fingerprint density at radius 3 is 2.56 bits per heavy atom. The number of likely N-dealkylation sites (tertiary alicyclic amines) is 1. The maximum Gasteiger partial charge on any atom is 0.409 e. The van der Waals surface area contributed by atoms with Crippen LogP contribution in [0, 0.1) is 10.6 Å². The maximum atomic E-state index is 13.5. The number of hydrogen-bond acceptors (Lipinski definition) is 6. The number of imidazole rings is 1. The number of halogens is 1. The molecule has 3 aromatic rings. The Labute approximate surface area is 184 Å². The molecule has 4 rings (SSSR count). The van der Waals surface area contributed by atoms with Crippen LogP contribution in [-0.2, 0) is 15.0 Å². The molecule has 11 heteroatoms. The molecule has 0 bridgehead atoms. The molecule has 3 heterocycles. The van der Waals surface area contributed by atoms with Crippen LogP contribution in [0.3, 0.4) is 0 Å². The van der Waals surface area contributed by atoms with Gasteiger partial charge in [-0.25, -0.2) is 19.2 Å². The van der Waals surface area contributed by atoms with Crippen molar-refractivity contribution in [3.8, 4) is 22.6 Å². The van der Waals surface area contributed by atoms with Gasteiger partial charge in [0.05, 0.1) is 23.7 Å². The number of nitrogens with one attached hydrogen (secondary N) is 2. The number of carbonyl (C=O) groups excluding carboxylic acids is 1. The Hall–Kier alpha value is -3.47. The molecule has 1 aliphatic rings. The van der Waals surface area contributed by atoms with E-state index in [1.165, 1.54) is 18.3 Å². The first-order chi connectivity index (χ1) is 15.5. The lowest BCUT2D eigenvalue weighted by Crippen LogP contribution is -2.38. The molecule has 1 aliphatic heterocycles. The van der Waals surface area contributed by atoms with Gasteiger partial charge in [0.2, 0.25) is 0 Å². The van der Waals surface area contributed by atoms with Gasteiger partial charge in [-0.2, -0.15) is 8.42 Å². The molecule has 2 aromatic heterocycles. The number of aromatic nitrogens is 4. The summed E-state index contributed by atoms with van der Waals surface area (Å²) in [5, 5.41) is 0. The number of benzene rings is 1. The molecule has 0 saturated carbocycles. The fourth-order valence-corrected chi connectivity index (χ4v) is 4.07. The van der Waals surface area contributed by atoms with Gasteiger partial charge in [-0.15, -0.1) is 0 Å². The first-order valence-corrected chi connectivity index (χ1v) is 11.3. The van der Waals surface area contributed by atoms with Crippen LogP contribution in [0.2, 0.25) is 0 Å². The summed E-state index contributed by atoms with van der Waals surface area (Å²) in [6.45, 7) is 3.20. The Bertz CT molecular complexity index is 1280. The second-order valence-corrected chi connectivity index (χ2v) is 8.18. The van der Waals surface area contributed by atoms with Crippen molar-refractivity contribution in [3.63, 3.8) is 0 Å². The molecule has 2 N–H and O–H groups in total. The number of hydrogen-bond donors (Lipinski definition) is 2. The zero-order valence-electron chi connectivity index (χ0n) is 17.3. The third-order valence-electron chi connectivity index (χ3n) is 5.33. The van der Waals surface area contributed by atoms with Crippen LogP contribution in [0.5, 0.6) is 0 Å². The minimum atomic E-state index is -2.52. The highest BCUT2D eigenvalue weighted by Gasteiger charge is 2.28. The van der Waals surface area contributed by atoms with Crippen LogP contribution < -0.4 is 0 Å². The average molecular weight is 460 g/mol. The van der Waals surface area contributed by atoms with Crippen molar-refractivity contribution in [2.75, 3.05) is 19.7 Å². The van der Waals surface area contributed by atoms with E-state index >= 15 is 0 Å². The van der Waals surface area contributed by atoms with Gasteiger partial charge < -0.3 is 19.6 Å². The van der Waals surface area contributed by atoms with E-state index in [-0.39, 0.29) is 22.6 Å². The second kappa shape index (κ2) is 9.35. The van der Waals surface area contributed by atoms with Gasteiger partial charge in [-0.05, 0) is 50.1 Å². The number of ether oxygens (including phenoxy) is 1. The molecule has 0 radical (unpaired) electrons. The highest BCUT2D eigenvalue weighted by molar-refractivity contribution is 7.63. The minimum Gasteiger partial charge on any atom is -0.450 e. The van der Waals surface area contributed by atoms with E-state index in [9.17, 15) is 17.6 Å². The summed E-state index contributed by atoms with van der Waals surface area (Å²) in [6, 6.07) is 7.56. The SMILES string of the molecule is CCOC(=O)N1CCC(c2nc(-c3ccc(F)cc3)c(-c3cc[nH]c(=S(=O)=O)n3)[nH]2)CC1. The molecule has 1 aromatic carbocycles. The predicted octanol–water partition coefficient (Wildman–Crippen LogP) is 3.35. The van der Waals surface area contributed by atoms with Gasteiger partial charge in [-0.3, -0.25) is 0 Å². The van der Waals surface area contributed by atoms with Crippen LogP contribution in [0.4, 0.5) is 9.18 Å². The third kappa shape index (κ3) is 4.57. The average Bonchev–Trinajstić information content (AvgIpc) is 3.25. The van der Waals surface area contributed by atoms with E-state index in [0.717, 1.165) is 0 Å². The van der Waals surface area contributed by atoms with Gasteiger partial charge >= 0.3 is 6.09 Å². The lowest BCUT2D eigenvalue weighted by Gasteiger charge is -2.30. The Kier molecular flexibility index (Phi) is 6.35. The van der Waals surface area contributed by atoms with Crippen molar-refractivity contribution in [2.24, 2.45) is 0 Å². The van der Waals surface area contributed by atoms with Gasteiger partial charge in [0.1, 0.15) is 11.6 Å². The number of amides is 1. The van der Waals surface area contributed by atoms with E-state index < -0.39 is 10.3 Å². The fraction of sp³-hybridized carbons (Fsp3) is 0.333. The zero-order valence-corrected chi connectivity index (χ0v) is 18.2. The first-order valence-electron chi connectivity index (χ1n) is 10.2. The van der Waals surface area contributed by atoms with Crippen molar-refractivity contribution in [1.29, 1.82) is 0 Å². The topological polar surface area (TPSA) is 121 Å². The van der Waals surface area contributed by atoms with Crippen molar-refractivity contribution in [1.82, 2.24) is 24.8 Å². The highest BCUT2D eigenvalue weighted by Crippen LogP contribution is 2.34. The molecule has 32 heavy (non-hydrogen) atoms. The highest BCUT2D eigenvalue weighted by atomic mass is 32.2. The summed E-state index contributed by atoms with van der Waals surface area (Å²) in [6.07, 6.45) is 2.56. The number of aromatic amines is 2. The third-order valence-corrected chi connectivity index (χ3v) is 5.86. The van der Waals surface area contributed by atoms with Gasteiger partial charge in [0, 0.05) is 30.8 Å². The van der Waals surface area contributed by atoms with Crippen LogP contribution in [0.1, 0.15) is 31.5 Å². The van der Waals surface area contributed by atoms with E-state index in [1.54, 1.807) is 30.0 Å². The smallest absolute Gasteiger partial charge is 0.409 e. The Balaban J connectivity index is 1.71. The summed E-state index contributed by atoms with van der Waals surface area (Å²) in [4.78, 5) is 28.5. The Morgan fingerprint density at radius 2 is 1.91 bits per heavy atom. The predicted molar refractivity (Wildman–Crippen MR) is 114 cm³/mol. The molecule has 0 atom stereocenters. The summed E-state index contributed by atoms with van der Waals surface area (Å²) in [7, 11) is -2.52. The monoisotopic (exact) mass is 459 g/mol. The Morgan fingerprint density at radius 1 is 1.19 bits per heavy atom. The molecule has 0 spiro atoms. The van der Waals surface area contributed by atoms with E-state index in [4.69, 9.17) is 9.72 Å². The minimum absolute atomic E-state index is 0.0667. The van der Waals surface area contributed by atoms with Gasteiger partial charge in [0.15, 0.2) is 0 Å². The second-order valence-electron chi connectivity index (χ2n) is 7.33. The van der Waals surface area contributed by atoms with E-state index in [0.29, 0.717) is 61.0 Å². The summed E-state index contributed by atoms with van der Waals surface area (Å²) in [5.41, 5.74) is 2.16. The molecule has 0 aliphatic carbocycles. The number of nitrogens with zero attached hydrogens (tertiary/aromatic N) is 3. The molecule has 0 unspecified atom stereocenters. The quantitative estimate of drug-likeness (QED) is 0.577. The number of carbonyl (C=O) groups is 1. The largest absolute Gasteiger partial charge is 0.450 e. The number of H-pyrrole nitrogens is 2. The van der Waals surface area contributed by atoms with Crippen LogP contribution in [0.15, 0.2) is 36.5 Å². The zero-order chi connectivity index (χ0) is 22.7. The molecule has 1 amide bonds. The van der Waals surface area contributed by atoms with E-state index in [2.05, 4.69) is 15.0 Å². The lowest BCUT2D eigenvalue weighted by atomic mass is 9.96. The van der Waals surface area contributed by atoms with Gasteiger partial charge in [0.25, 0.3) is 15.1 Å². The van der Waals surface area contributed by atoms with Crippen LogP contribution in [0.25, 0.3) is 22.6 Å². The number of piperidine rings is 1. The molecule has 9 nitrogen and oxygen atoms in total. The van der Waals surface area contributed by atoms with Crippen LogP contribution >= 0.6 is 0 Å². The normalized spacial score (nSPS) is 14.4. The van der Waals surface area contributed by atoms with Crippen molar-refractivity contribution < 1.29 is 22.3 Å². The maximum absolute atomic E-state index is 13.5. The van der Waals surface area contributed by atoms with E-state index in [1.807, 2.05) is 0 Å². The lowest BCUT2D eigenvalue weighted by molar-refractivity contribution is 0.0966. The standard InChI is InChI=1S/C21H22FN5O4S/c1-2-31-21(28)27-11-8-14(9-12-27)19-25-17(13-3-5-15(22)6-4-13)18(26-19)16-7-10-23-20(24-16)32(29)30/h3-7,10,14,23H,2,8-9,11-12H2,1H3,(H,25,26). The summed E-state index contributed by atoms with van der Waals surface area (Å²) in [5.74, 6) is 0.410. The fourth-order valence-electron chi connectivity index (χ4n) is 3.73. The van der Waals surface area contributed by atoms with Crippen LogP contribution in [-0.4, -0.2) is 59.0 Å². The first kappa shape index (κ1) is 21.8.